The number of aromatic nitrogens is 2. The van der Waals surface area contributed by atoms with Crippen molar-refractivity contribution >= 4 is 12.0 Å². The van der Waals surface area contributed by atoms with Crippen LogP contribution in [0.2, 0.25) is 0 Å². The number of nitrogens with zero attached hydrogens (tertiary/aromatic N) is 2. The van der Waals surface area contributed by atoms with Crippen molar-refractivity contribution in [1.82, 2.24) is 20.4 Å². The molecule has 1 saturated carbocycles. The van der Waals surface area contributed by atoms with Crippen LogP contribution in [0.15, 0.2) is 0 Å². The molecule has 132 valence electrons. The molecule has 1 saturated heterocycles. The molecule has 2 amide bonds. The third-order valence-corrected chi connectivity index (χ3v) is 5.44. The third kappa shape index (κ3) is 3.25. The molecule has 2 fully saturated rings. The molecular weight excluding hydrogens is 308 g/mol. The molecule has 0 aromatic carbocycles. The van der Waals surface area contributed by atoms with E-state index in [2.05, 4.69) is 15.5 Å². The molecule has 3 N–H and O–H groups in total. The number of hydrogen-bond acceptors (Lipinski definition) is 3. The summed E-state index contributed by atoms with van der Waals surface area (Å²) in [6, 6.07) is 0.135. The molecule has 24 heavy (non-hydrogen) atoms. The van der Waals surface area contributed by atoms with Gasteiger partial charge >= 0.3 is 12.0 Å². The van der Waals surface area contributed by atoms with E-state index in [9.17, 15) is 9.59 Å². The number of urea groups is 1. The maximum Gasteiger partial charge on any atom is 0.318 e. The van der Waals surface area contributed by atoms with E-state index in [1.165, 1.54) is 0 Å². The van der Waals surface area contributed by atoms with Crippen molar-refractivity contribution < 1.29 is 14.7 Å². The highest BCUT2D eigenvalue weighted by Gasteiger charge is 2.34. The Bertz CT molecular complexity index is 600. The smallest absolute Gasteiger partial charge is 0.318 e. The molecular formula is C17H26N4O3. The zero-order chi connectivity index (χ0) is 17.3. The summed E-state index contributed by atoms with van der Waals surface area (Å²) >= 11 is 0. The van der Waals surface area contributed by atoms with Gasteiger partial charge in [0.2, 0.25) is 0 Å². The van der Waals surface area contributed by atoms with Gasteiger partial charge in [0, 0.05) is 23.8 Å². The van der Waals surface area contributed by atoms with Crippen LogP contribution in [0.3, 0.4) is 0 Å². The zero-order valence-electron chi connectivity index (χ0n) is 14.3. The Hall–Kier alpha value is -2.05. The zero-order valence-corrected chi connectivity index (χ0v) is 14.3. The summed E-state index contributed by atoms with van der Waals surface area (Å²) in [7, 11) is 0. The van der Waals surface area contributed by atoms with Gasteiger partial charge in [0.1, 0.15) is 0 Å². The topological polar surface area (TPSA) is 98.3 Å². The van der Waals surface area contributed by atoms with Gasteiger partial charge in [0.05, 0.1) is 17.7 Å². The van der Waals surface area contributed by atoms with Crippen molar-refractivity contribution in [1.29, 1.82) is 0 Å². The van der Waals surface area contributed by atoms with Crippen molar-refractivity contribution in [3.05, 3.63) is 17.0 Å². The minimum Gasteiger partial charge on any atom is -0.481 e. The molecule has 7 nitrogen and oxygen atoms in total. The fourth-order valence-corrected chi connectivity index (χ4v) is 4.10. The highest BCUT2D eigenvalue weighted by Crippen LogP contribution is 2.35. The molecule has 2 heterocycles. The van der Waals surface area contributed by atoms with Crippen LogP contribution in [0.5, 0.6) is 0 Å². The summed E-state index contributed by atoms with van der Waals surface area (Å²) in [4.78, 5) is 25.7. The van der Waals surface area contributed by atoms with Crippen LogP contribution in [-0.4, -0.2) is 44.8 Å². The number of nitrogens with one attached hydrogen (secondary N) is 2. The van der Waals surface area contributed by atoms with Crippen LogP contribution in [0.25, 0.3) is 0 Å². The SMILES string of the molecule is Cc1n[nH]c(C)c1C1CCCN1C(=O)NC1CCC(C(=O)O)CC1. The first-order valence-electron chi connectivity index (χ1n) is 8.78. The summed E-state index contributed by atoms with van der Waals surface area (Å²) < 4.78 is 0. The lowest BCUT2D eigenvalue weighted by atomic mass is 9.86. The highest BCUT2D eigenvalue weighted by molar-refractivity contribution is 5.75. The number of carboxylic acids is 1. The first-order valence-corrected chi connectivity index (χ1v) is 8.78. The van der Waals surface area contributed by atoms with Gasteiger partial charge in [-0.25, -0.2) is 4.79 Å². The van der Waals surface area contributed by atoms with Crippen molar-refractivity contribution in [2.45, 2.75) is 64.5 Å². The summed E-state index contributed by atoms with van der Waals surface area (Å²) in [6.45, 7) is 4.72. The second-order valence-electron chi connectivity index (χ2n) is 7.04. The second kappa shape index (κ2) is 6.83. The number of aromatic amines is 1. The van der Waals surface area contributed by atoms with Crippen LogP contribution in [0.1, 0.15) is 61.5 Å². The van der Waals surface area contributed by atoms with Gasteiger partial charge < -0.3 is 15.3 Å². The number of likely N-dealkylation sites (tertiary alicyclic amines) is 1. The number of hydrogen-bond donors (Lipinski definition) is 3. The number of carboxylic acid groups (broad SMARTS) is 1. The largest absolute Gasteiger partial charge is 0.481 e. The number of rotatable bonds is 3. The molecule has 1 aromatic heterocycles. The van der Waals surface area contributed by atoms with Crippen molar-refractivity contribution in [3.8, 4) is 0 Å². The average molecular weight is 334 g/mol. The molecule has 1 aliphatic heterocycles. The minimum absolute atomic E-state index is 0.0312. The summed E-state index contributed by atoms with van der Waals surface area (Å²) in [5.74, 6) is -0.973. The van der Waals surface area contributed by atoms with E-state index in [4.69, 9.17) is 5.11 Å². The van der Waals surface area contributed by atoms with Gasteiger partial charge in [-0.2, -0.15) is 5.10 Å². The van der Waals surface area contributed by atoms with E-state index in [1.807, 2.05) is 18.7 Å². The lowest BCUT2D eigenvalue weighted by Gasteiger charge is -2.31. The van der Waals surface area contributed by atoms with Crippen LogP contribution in [0.4, 0.5) is 4.79 Å². The molecule has 0 bridgehead atoms. The van der Waals surface area contributed by atoms with Gasteiger partial charge in [0.15, 0.2) is 0 Å². The lowest BCUT2D eigenvalue weighted by molar-refractivity contribution is -0.142. The fourth-order valence-electron chi connectivity index (χ4n) is 4.10. The van der Waals surface area contributed by atoms with Crippen molar-refractivity contribution in [2.75, 3.05) is 6.54 Å². The first-order chi connectivity index (χ1) is 11.5. The Labute approximate surface area is 141 Å². The van der Waals surface area contributed by atoms with E-state index in [0.717, 1.165) is 49.2 Å². The molecule has 0 radical (unpaired) electrons. The van der Waals surface area contributed by atoms with Crippen LogP contribution < -0.4 is 5.32 Å². The summed E-state index contributed by atoms with van der Waals surface area (Å²) in [6.07, 6.45) is 4.72. The fraction of sp³-hybridized carbons (Fsp3) is 0.706. The van der Waals surface area contributed by atoms with E-state index in [1.54, 1.807) is 0 Å². The molecule has 1 aromatic rings. The predicted octanol–water partition coefficient (Wildman–Crippen LogP) is 2.52. The maximum atomic E-state index is 12.7. The van der Waals surface area contributed by atoms with Crippen molar-refractivity contribution in [2.24, 2.45) is 5.92 Å². The number of carbonyl (C=O) groups is 2. The number of aliphatic carboxylic acids is 1. The number of H-pyrrole nitrogens is 1. The molecule has 1 aliphatic carbocycles. The minimum atomic E-state index is -0.717. The van der Waals surface area contributed by atoms with E-state index < -0.39 is 5.97 Å². The van der Waals surface area contributed by atoms with Gasteiger partial charge in [-0.05, 0) is 52.4 Å². The van der Waals surface area contributed by atoms with Gasteiger partial charge in [-0.15, -0.1) is 0 Å². The number of aryl methyl sites for hydroxylation is 2. The third-order valence-electron chi connectivity index (χ3n) is 5.44. The average Bonchev–Trinajstić information content (AvgIpc) is 3.14. The predicted molar refractivity (Wildman–Crippen MR) is 88.7 cm³/mol. The van der Waals surface area contributed by atoms with Crippen molar-refractivity contribution in [3.63, 3.8) is 0 Å². The monoisotopic (exact) mass is 334 g/mol. The molecule has 1 unspecified atom stereocenters. The standard InChI is InChI=1S/C17H26N4O3/c1-10-15(11(2)20-19-10)14-4-3-9-21(14)17(24)18-13-7-5-12(6-8-13)16(22)23/h12-14H,3-9H2,1-2H3,(H,18,24)(H,19,20)(H,22,23). The Morgan fingerprint density at radius 2 is 1.92 bits per heavy atom. The van der Waals surface area contributed by atoms with Gasteiger partial charge in [-0.1, -0.05) is 0 Å². The highest BCUT2D eigenvalue weighted by atomic mass is 16.4. The summed E-state index contributed by atoms with van der Waals surface area (Å²) in [5, 5.41) is 19.4. The Morgan fingerprint density at radius 3 is 2.50 bits per heavy atom. The normalized spacial score (nSPS) is 27.2. The van der Waals surface area contributed by atoms with E-state index >= 15 is 0 Å². The molecule has 3 rings (SSSR count). The lowest BCUT2D eigenvalue weighted by Crippen LogP contribution is -2.46. The Morgan fingerprint density at radius 1 is 1.21 bits per heavy atom. The second-order valence-corrected chi connectivity index (χ2v) is 7.04. The molecule has 2 aliphatic rings. The van der Waals surface area contributed by atoms with Gasteiger partial charge in [0.25, 0.3) is 0 Å². The Kier molecular flexibility index (Phi) is 4.78. The van der Waals surface area contributed by atoms with Crippen LogP contribution in [-0.2, 0) is 4.79 Å². The summed E-state index contributed by atoms with van der Waals surface area (Å²) in [5.41, 5.74) is 3.12. The van der Waals surface area contributed by atoms with Crippen LogP contribution in [0, 0.1) is 19.8 Å². The van der Waals surface area contributed by atoms with E-state index in [-0.39, 0.29) is 24.0 Å². The Balaban J connectivity index is 1.62. The van der Waals surface area contributed by atoms with E-state index in [0.29, 0.717) is 12.8 Å². The maximum absolute atomic E-state index is 12.7. The van der Waals surface area contributed by atoms with Crippen LogP contribution >= 0.6 is 0 Å². The quantitative estimate of drug-likeness (QED) is 0.791. The molecule has 1 atom stereocenters. The molecule has 0 spiro atoms. The number of amides is 2. The first kappa shape index (κ1) is 16.8. The van der Waals surface area contributed by atoms with Gasteiger partial charge in [-0.3, -0.25) is 9.89 Å². The molecule has 7 heteroatoms. The number of carbonyl (C=O) groups excluding carboxylic acids is 1.